The van der Waals surface area contributed by atoms with Crippen molar-refractivity contribution in [3.05, 3.63) is 17.8 Å². The number of hydrogen-bond donors (Lipinski definition) is 2. The van der Waals surface area contributed by atoms with Gasteiger partial charge in [-0.05, 0) is 12.5 Å². The van der Waals surface area contributed by atoms with E-state index in [0.29, 0.717) is 30.9 Å². The molecule has 1 aromatic rings. The molecule has 1 fully saturated rings. The van der Waals surface area contributed by atoms with Gasteiger partial charge >= 0.3 is 0 Å². The minimum absolute atomic E-state index is 0.00305. The van der Waals surface area contributed by atoms with Crippen molar-refractivity contribution in [1.29, 1.82) is 0 Å². The highest BCUT2D eigenvalue weighted by molar-refractivity contribution is 7.80. The molecule has 0 radical (unpaired) electrons. The van der Waals surface area contributed by atoms with Gasteiger partial charge in [-0.25, -0.2) is 0 Å². The highest BCUT2D eigenvalue weighted by Gasteiger charge is 2.30. The van der Waals surface area contributed by atoms with Crippen molar-refractivity contribution in [3.63, 3.8) is 0 Å². The third-order valence-electron chi connectivity index (χ3n) is 2.96. The zero-order chi connectivity index (χ0) is 13.1. The Morgan fingerprint density at radius 1 is 1.72 bits per heavy atom. The molecule has 0 aliphatic carbocycles. The molecule has 0 aromatic carbocycles. The van der Waals surface area contributed by atoms with Crippen molar-refractivity contribution < 1.29 is 4.79 Å². The van der Waals surface area contributed by atoms with Gasteiger partial charge in [-0.2, -0.15) is 5.10 Å². The van der Waals surface area contributed by atoms with Crippen molar-refractivity contribution in [3.8, 4) is 0 Å². The first-order chi connectivity index (χ1) is 8.65. The van der Waals surface area contributed by atoms with Gasteiger partial charge in [-0.3, -0.25) is 4.79 Å². The fraction of sp³-hybridized carbons (Fsp3) is 0.455. The molecule has 1 unspecified atom stereocenters. The lowest BCUT2D eigenvalue weighted by atomic mass is 10.1. The highest BCUT2D eigenvalue weighted by Crippen LogP contribution is 2.21. The van der Waals surface area contributed by atoms with E-state index in [4.69, 9.17) is 18.0 Å². The number of amides is 1. The molecule has 1 saturated heterocycles. The van der Waals surface area contributed by atoms with E-state index in [1.807, 2.05) is 11.8 Å². The molecule has 18 heavy (non-hydrogen) atoms. The molecule has 0 spiro atoms. The standard InChI is InChI=1S/C11H15N5OS/c1-2-8-11(17)13-5-6-16(8)10-7(9(12)18)3-4-14-15-10/h3-4,8H,2,5-6H2,1H3,(H2,12,18)(H,13,17). The molecular formula is C11H15N5OS. The number of nitrogens with one attached hydrogen (secondary N) is 1. The summed E-state index contributed by atoms with van der Waals surface area (Å²) < 4.78 is 0. The highest BCUT2D eigenvalue weighted by atomic mass is 32.1. The summed E-state index contributed by atoms with van der Waals surface area (Å²) in [5.41, 5.74) is 6.34. The third kappa shape index (κ3) is 2.26. The molecular weight excluding hydrogens is 250 g/mol. The van der Waals surface area contributed by atoms with Crippen LogP contribution in [-0.2, 0) is 4.79 Å². The van der Waals surface area contributed by atoms with Gasteiger partial charge in [-0.1, -0.05) is 19.1 Å². The lowest BCUT2D eigenvalue weighted by molar-refractivity contribution is -0.123. The number of thiocarbonyl (C=S) groups is 1. The van der Waals surface area contributed by atoms with Crippen molar-refractivity contribution in [2.45, 2.75) is 19.4 Å². The minimum Gasteiger partial charge on any atom is -0.389 e. The number of hydrogen-bond acceptors (Lipinski definition) is 5. The first-order valence-electron chi connectivity index (χ1n) is 5.81. The lowest BCUT2D eigenvalue weighted by Crippen LogP contribution is -2.55. The lowest BCUT2D eigenvalue weighted by Gasteiger charge is -2.35. The van der Waals surface area contributed by atoms with Crippen LogP contribution >= 0.6 is 12.2 Å². The van der Waals surface area contributed by atoms with Crippen molar-refractivity contribution in [2.24, 2.45) is 5.73 Å². The van der Waals surface area contributed by atoms with Crippen molar-refractivity contribution in [2.75, 3.05) is 18.0 Å². The van der Waals surface area contributed by atoms with Gasteiger partial charge in [0, 0.05) is 13.1 Å². The molecule has 0 bridgehead atoms. The molecule has 1 atom stereocenters. The van der Waals surface area contributed by atoms with E-state index in [2.05, 4.69) is 15.5 Å². The van der Waals surface area contributed by atoms with Gasteiger partial charge in [0.15, 0.2) is 5.82 Å². The zero-order valence-corrected chi connectivity index (χ0v) is 10.9. The Morgan fingerprint density at radius 3 is 3.17 bits per heavy atom. The maximum atomic E-state index is 11.8. The summed E-state index contributed by atoms with van der Waals surface area (Å²) in [5.74, 6) is 0.593. The Balaban J connectivity index is 2.40. The third-order valence-corrected chi connectivity index (χ3v) is 3.18. The van der Waals surface area contributed by atoms with Gasteiger partial charge in [0.2, 0.25) is 5.91 Å². The first kappa shape index (κ1) is 12.7. The Labute approximate surface area is 111 Å². The number of nitrogens with zero attached hydrogens (tertiary/aromatic N) is 3. The Bertz CT molecular complexity index is 478. The number of anilines is 1. The van der Waals surface area contributed by atoms with Crippen LogP contribution in [0.3, 0.4) is 0 Å². The first-order valence-corrected chi connectivity index (χ1v) is 6.21. The van der Waals surface area contributed by atoms with Crippen LogP contribution in [0.4, 0.5) is 5.82 Å². The van der Waals surface area contributed by atoms with E-state index in [9.17, 15) is 4.79 Å². The Morgan fingerprint density at radius 2 is 2.50 bits per heavy atom. The monoisotopic (exact) mass is 265 g/mol. The largest absolute Gasteiger partial charge is 0.389 e. The Kier molecular flexibility index (Phi) is 3.71. The van der Waals surface area contributed by atoms with E-state index >= 15 is 0 Å². The van der Waals surface area contributed by atoms with E-state index in [1.54, 1.807) is 12.3 Å². The number of carbonyl (C=O) groups excluding carboxylic acids is 1. The summed E-state index contributed by atoms with van der Waals surface area (Å²) in [5, 5.41) is 10.8. The van der Waals surface area contributed by atoms with Gasteiger partial charge in [0.1, 0.15) is 11.0 Å². The van der Waals surface area contributed by atoms with Gasteiger partial charge in [0.05, 0.1) is 11.8 Å². The van der Waals surface area contributed by atoms with Crippen LogP contribution in [0.5, 0.6) is 0 Å². The molecule has 1 amide bonds. The summed E-state index contributed by atoms with van der Waals surface area (Å²) >= 11 is 5.01. The predicted molar refractivity (Wildman–Crippen MR) is 72.4 cm³/mol. The summed E-state index contributed by atoms with van der Waals surface area (Å²) in [6.07, 6.45) is 2.24. The van der Waals surface area contributed by atoms with Crippen LogP contribution in [0.2, 0.25) is 0 Å². The van der Waals surface area contributed by atoms with E-state index in [-0.39, 0.29) is 16.9 Å². The average Bonchev–Trinajstić information content (AvgIpc) is 2.38. The molecule has 7 heteroatoms. The van der Waals surface area contributed by atoms with E-state index in [1.165, 1.54) is 0 Å². The molecule has 2 heterocycles. The number of aromatic nitrogens is 2. The average molecular weight is 265 g/mol. The fourth-order valence-electron chi connectivity index (χ4n) is 2.10. The Hall–Kier alpha value is -1.76. The van der Waals surface area contributed by atoms with Crippen LogP contribution in [0, 0.1) is 0 Å². The molecule has 1 aliphatic heterocycles. The van der Waals surface area contributed by atoms with Crippen LogP contribution in [-0.4, -0.2) is 40.2 Å². The van der Waals surface area contributed by atoms with Gasteiger partial charge in [0.25, 0.3) is 0 Å². The number of piperazine rings is 1. The van der Waals surface area contributed by atoms with Crippen LogP contribution in [0.15, 0.2) is 12.3 Å². The second-order valence-corrected chi connectivity index (χ2v) is 4.48. The summed E-state index contributed by atoms with van der Waals surface area (Å²) in [7, 11) is 0. The predicted octanol–water partition coefficient (Wildman–Crippen LogP) is -0.174. The van der Waals surface area contributed by atoms with Crippen LogP contribution in [0.25, 0.3) is 0 Å². The molecule has 3 N–H and O–H groups in total. The molecule has 2 rings (SSSR count). The second kappa shape index (κ2) is 5.26. The molecule has 96 valence electrons. The van der Waals surface area contributed by atoms with Crippen molar-refractivity contribution >= 4 is 28.9 Å². The van der Waals surface area contributed by atoms with Crippen LogP contribution < -0.4 is 16.0 Å². The molecule has 0 saturated carbocycles. The smallest absolute Gasteiger partial charge is 0.242 e. The maximum Gasteiger partial charge on any atom is 0.242 e. The SMILES string of the molecule is CCC1C(=O)NCCN1c1nnccc1C(N)=S. The topological polar surface area (TPSA) is 84.1 Å². The molecule has 1 aromatic heterocycles. The van der Waals surface area contributed by atoms with Gasteiger partial charge in [-0.15, -0.1) is 5.10 Å². The second-order valence-electron chi connectivity index (χ2n) is 4.04. The molecule has 6 nitrogen and oxygen atoms in total. The number of carbonyl (C=O) groups is 1. The normalized spacial score (nSPS) is 19.5. The zero-order valence-electron chi connectivity index (χ0n) is 10.1. The van der Waals surface area contributed by atoms with Crippen LogP contribution in [0.1, 0.15) is 18.9 Å². The van der Waals surface area contributed by atoms with E-state index < -0.39 is 0 Å². The molecule has 1 aliphatic rings. The van der Waals surface area contributed by atoms with E-state index in [0.717, 1.165) is 0 Å². The maximum absolute atomic E-state index is 11.8. The summed E-state index contributed by atoms with van der Waals surface area (Å²) in [6.45, 7) is 3.22. The quantitative estimate of drug-likeness (QED) is 0.738. The van der Waals surface area contributed by atoms with Gasteiger partial charge < -0.3 is 16.0 Å². The fourth-order valence-corrected chi connectivity index (χ4v) is 2.26. The summed E-state index contributed by atoms with van der Waals surface area (Å²) in [4.78, 5) is 14.0. The minimum atomic E-state index is -0.247. The summed E-state index contributed by atoms with van der Waals surface area (Å²) in [6, 6.07) is 1.48. The number of rotatable bonds is 3. The van der Waals surface area contributed by atoms with Crippen molar-refractivity contribution in [1.82, 2.24) is 15.5 Å². The number of nitrogens with two attached hydrogens (primary N) is 1.